The molecule has 0 radical (unpaired) electrons. The molecule has 0 saturated carbocycles. The fraction of sp³-hybridized carbons (Fsp3) is 0.500. The number of ether oxygens (including phenoxy) is 1. The molecule has 0 bridgehead atoms. The summed E-state index contributed by atoms with van der Waals surface area (Å²) in [4.78, 5) is 29.3. The van der Waals surface area contributed by atoms with Gasteiger partial charge in [0.25, 0.3) is 0 Å². The highest BCUT2D eigenvalue weighted by molar-refractivity contribution is 5.80. The Labute approximate surface area is 141 Å². The molecule has 1 atom stereocenters. The van der Waals surface area contributed by atoms with Gasteiger partial charge in [-0.05, 0) is 13.8 Å². The average molecular weight is 330 g/mol. The molecule has 1 aliphatic rings. The second-order valence-corrected chi connectivity index (χ2v) is 5.63. The second kappa shape index (κ2) is 7.29. The van der Waals surface area contributed by atoms with Crippen LogP contribution in [0, 0.1) is 0 Å². The first-order valence-corrected chi connectivity index (χ1v) is 8.16. The highest BCUT2D eigenvalue weighted by atomic mass is 16.5. The van der Waals surface area contributed by atoms with Crippen molar-refractivity contribution in [3.05, 3.63) is 31.0 Å². The van der Waals surface area contributed by atoms with E-state index in [-0.39, 0.29) is 11.9 Å². The minimum atomic E-state index is -0.239. The zero-order valence-corrected chi connectivity index (χ0v) is 14.0. The SMILES string of the molecule is CCOc1ccnc(N2CCN(C(=O)C(C)n3ccnc3)CC2)n1. The molecule has 0 aromatic carbocycles. The maximum absolute atomic E-state index is 12.6. The normalized spacial score (nSPS) is 16.1. The fourth-order valence-corrected chi connectivity index (χ4v) is 2.73. The standard InChI is InChI=1S/C16H22N6O2/c1-3-24-14-4-5-18-16(19-14)21-10-8-20(9-11-21)15(23)13(2)22-7-6-17-12-22/h4-7,12-13H,3,8-11H2,1-2H3. The van der Waals surface area contributed by atoms with Crippen LogP contribution in [0.3, 0.4) is 0 Å². The van der Waals surface area contributed by atoms with Crippen molar-refractivity contribution < 1.29 is 9.53 Å². The Morgan fingerprint density at radius 2 is 2.08 bits per heavy atom. The highest BCUT2D eigenvalue weighted by Crippen LogP contribution is 2.17. The molecule has 1 saturated heterocycles. The molecule has 1 fully saturated rings. The van der Waals surface area contributed by atoms with E-state index < -0.39 is 0 Å². The van der Waals surface area contributed by atoms with Crippen molar-refractivity contribution >= 4 is 11.9 Å². The molecule has 8 nitrogen and oxygen atoms in total. The van der Waals surface area contributed by atoms with Crippen LogP contribution in [0.5, 0.6) is 5.88 Å². The van der Waals surface area contributed by atoms with Crippen LogP contribution in [-0.2, 0) is 4.79 Å². The summed E-state index contributed by atoms with van der Waals surface area (Å²) in [6.07, 6.45) is 6.87. The van der Waals surface area contributed by atoms with Crippen LogP contribution >= 0.6 is 0 Å². The number of carbonyl (C=O) groups excluding carboxylic acids is 1. The number of carbonyl (C=O) groups is 1. The summed E-state index contributed by atoms with van der Waals surface area (Å²) in [7, 11) is 0. The molecule has 1 aliphatic heterocycles. The largest absolute Gasteiger partial charge is 0.478 e. The van der Waals surface area contributed by atoms with Crippen LogP contribution in [0.15, 0.2) is 31.0 Å². The highest BCUT2D eigenvalue weighted by Gasteiger charge is 2.26. The number of rotatable bonds is 5. The van der Waals surface area contributed by atoms with Gasteiger partial charge in [0.15, 0.2) is 0 Å². The van der Waals surface area contributed by atoms with E-state index in [0.717, 1.165) is 0 Å². The molecule has 3 heterocycles. The summed E-state index contributed by atoms with van der Waals surface area (Å²) in [6, 6.07) is 1.51. The van der Waals surface area contributed by atoms with Gasteiger partial charge in [0.2, 0.25) is 17.7 Å². The Morgan fingerprint density at radius 1 is 1.29 bits per heavy atom. The zero-order valence-electron chi connectivity index (χ0n) is 14.0. The Balaban J connectivity index is 1.59. The van der Waals surface area contributed by atoms with Crippen molar-refractivity contribution in [1.82, 2.24) is 24.4 Å². The number of aromatic nitrogens is 4. The van der Waals surface area contributed by atoms with Crippen molar-refractivity contribution in [1.29, 1.82) is 0 Å². The molecule has 1 unspecified atom stereocenters. The van der Waals surface area contributed by atoms with Crippen LogP contribution in [0.1, 0.15) is 19.9 Å². The lowest BCUT2D eigenvalue weighted by Crippen LogP contribution is -2.50. The van der Waals surface area contributed by atoms with Crippen LogP contribution in [0.4, 0.5) is 5.95 Å². The average Bonchev–Trinajstić information content (AvgIpc) is 3.16. The van der Waals surface area contributed by atoms with Crippen LogP contribution in [0.2, 0.25) is 0 Å². The van der Waals surface area contributed by atoms with E-state index in [1.54, 1.807) is 24.8 Å². The molecule has 0 spiro atoms. The molecule has 128 valence electrons. The lowest BCUT2D eigenvalue weighted by atomic mass is 10.2. The van der Waals surface area contributed by atoms with Crippen molar-refractivity contribution in [2.75, 3.05) is 37.7 Å². The van der Waals surface area contributed by atoms with Gasteiger partial charge in [-0.2, -0.15) is 4.98 Å². The van der Waals surface area contributed by atoms with Crippen molar-refractivity contribution in [3.8, 4) is 5.88 Å². The summed E-state index contributed by atoms with van der Waals surface area (Å²) in [5.41, 5.74) is 0. The predicted octanol–water partition coefficient (Wildman–Crippen LogP) is 0.982. The first kappa shape index (κ1) is 16.2. The molecular formula is C16H22N6O2. The summed E-state index contributed by atoms with van der Waals surface area (Å²) >= 11 is 0. The van der Waals surface area contributed by atoms with E-state index in [4.69, 9.17) is 4.74 Å². The van der Waals surface area contributed by atoms with Crippen LogP contribution in [0.25, 0.3) is 0 Å². The number of anilines is 1. The minimum absolute atomic E-state index is 0.108. The first-order chi connectivity index (χ1) is 11.7. The molecule has 0 N–H and O–H groups in total. The second-order valence-electron chi connectivity index (χ2n) is 5.63. The third kappa shape index (κ3) is 3.47. The zero-order chi connectivity index (χ0) is 16.9. The Kier molecular flexibility index (Phi) is 4.93. The smallest absolute Gasteiger partial charge is 0.245 e. The van der Waals surface area contributed by atoms with Crippen LogP contribution in [-0.4, -0.2) is 63.1 Å². The van der Waals surface area contributed by atoms with E-state index in [0.29, 0.717) is 44.6 Å². The maximum atomic E-state index is 12.6. The van der Waals surface area contributed by atoms with Gasteiger partial charge in [-0.1, -0.05) is 0 Å². The molecular weight excluding hydrogens is 308 g/mol. The van der Waals surface area contributed by atoms with Crippen molar-refractivity contribution in [3.63, 3.8) is 0 Å². The molecule has 2 aromatic heterocycles. The maximum Gasteiger partial charge on any atom is 0.245 e. The van der Waals surface area contributed by atoms with Gasteiger partial charge in [0, 0.05) is 50.8 Å². The van der Waals surface area contributed by atoms with E-state index in [1.165, 1.54) is 0 Å². The molecule has 3 rings (SSSR count). The van der Waals surface area contributed by atoms with E-state index in [9.17, 15) is 4.79 Å². The van der Waals surface area contributed by atoms with Gasteiger partial charge < -0.3 is 19.1 Å². The number of piperazine rings is 1. The summed E-state index contributed by atoms with van der Waals surface area (Å²) in [5, 5.41) is 0. The molecule has 1 amide bonds. The van der Waals surface area contributed by atoms with Gasteiger partial charge in [0.05, 0.1) is 12.9 Å². The topological polar surface area (TPSA) is 76.4 Å². The third-order valence-corrected chi connectivity index (χ3v) is 4.11. The van der Waals surface area contributed by atoms with Gasteiger partial charge in [-0.15, -0.1) is 0 Å². The molecule has 8 heteroatoms. The monoisotopic (exact) mass is 330 g/mol. The Morgan fingerprint density at radius 3 is 2.75 bits per heavy atom. The number of amides is 1. The number of hydrogen-bond donors (Lipinski definition) is 0. The Hall–Kier alpha value is -2.64. The number of imidazole rings is 1. The lowest BCUT2D eigenvalue weighted by molar-refractivity contribution is -0.134. The van der Waals surface area contributed by atoms with Gasteiger partial charge in [-0.3, -0.25) is 4.79 Å². The fourth-order valence-electron chi connectivity index (χ4n) is 2.73. The van der Waals surface area contributed by atoms with Gasteiger partial charge in [0.1, 0.15) is 6.04 Å². The molecule has 0 aliphatic carbocycles. The summed E-state index contributed by atoms with van der Waals surface area (Å²) in [6.45, 7) is 7.11. The molecule has 24 heavy (non-hydrogen) atoms. The predicted molar refractivity (Wildman–Crippen MR) is 88.9 cm³/mol. The summed E-state index contributed by atoms with van der Waals surface area (Å²) < 4.78 is 7.24. The minimum Gasteiger partial charge on any atom is -0.478 e. The van der Waals surface area contributed by atoms with Crippen LogP contribution < -0.4 is 9.64 Å². The van der Waals surface area contributed by atoms with Gasteiger partial charge >= 0.3 is 0 Å². The lowest BCUT2D eigenvalue weighted by Gasteiger charge is -2.36. The number of nitrogens with zero attached hydrogens (tertiary/aromatic N) is 6. The number of hydrogen-bond acceptors (Lipinski definition) is 6. The van der Waals surface area contributed by atoms with E-state index in [1.807, 2.05) is 29.5 Å². The van der Waals surface area contributed by atoms with E-state index >= 15 is 0 Å². The van der Waals surface area contributed by atoms with E-state index in [2.05, 4.69) is 19.9 Å². The third-order valence-electron chi connectivity index (χ3n) is 4.11. The summed E-state index contributed by atoms with van der Waals surface area (Å²) in [5.74, 6) is 1.34. The Bertz CT molecular complexity index is 667. The van der Waals surface area contributed by atoms with Crippen molar-refractivity contribution in [2.45, 2.75) is 19.9 Å². The van der Waals surface area contributed by atoms with Gasteiger partial charge in [-0.25, -0.2) is 9.97 Å². The van der Waals surface area contributed by atoms with Crippen molar-refractivity contribution in [2.24, 2.45) is 0 Å². The quantitative estimate of drug-likeness (QED) is 0.813. The molecule has 2 aromatic rings. The first-order valence-electron chi connectivity index (χ1n) is 8.16.